The van der Waals surface area contributed by atoms with E-state index in [2.05, 4.69) is 11.8 Å². The lowest BCUT2D eigenvalue weighted by Gasteiger charge is -2.33. The maximum absolute atomic E-state index is 13.5. The molecule has 1 aromatic carbocycles. The monoisotopic (exact) mass is 291 g/mol. The molecule has 4 nitrogen and oxygen atoms in total. The Morgan fingerprint density at radius 2 is 2.29 bits per heavy atom. The number of likely N-dealkylation sites (tertiary alicyclic amines) is 1. The topological polar surface area (TPSA) is 53.7 Å². The Balaban J connectivity index is 2.04. The molecule has 112 valence electrons. The van der Waals surface area contributed by atoms with Crippen molar-refractivity contribution in [3.63, 3.8) is 0 Å². The maximum atomic E-state index is 13.5. The fourth-order valence-corrected chi connectivity index (χ4v) is 3.05. The summed E-state index contributed by atoms with van der Waals surface area (Å²) in [6, 6.07) is 4.53. The number of carboxylic acids is 1. The molecule has 5 heteroatoms. The number of furan rings is 1. The van der Waals surface area contributed by atoms with Crippen molar-refractivity contribution in [2.45, 2.75) is 38.8 Å². The van der Waals surface area contributed by atoms with Gasteiger partial charge >= 0.3 is 5.97 Å². The summed E-state index contributed by atoms with van der Waals surface area (Å²) < 4.78 is 18.9. The van der Waals surface area contributed by atoms with Crippen molar-refractivity contribution in [3.05, 3.63) is 35.3 Å². The van der Waals surface area contributed by atoms with E-state index in [-0.39, 0.29) is 11.6 Å². The predicted molar refractivity (Wildman–Crippen MR) is 76.9 cm³/mol. The van der Waals surface area contributed by atoms with E-state index in [1.54, 1.807) is 0 Å². The van der Waals surface area contributed by atoms with E-state index in [1.807, 2.05) is 0 Å². The van der Waals surface area contributed by atoms with Crippen LogP contribution in [-0.2, 0) is 6.54 Å². The number of hydrogen-bond donors (Lipinski definition) is 1. The Labute approximate surface area is 122 Å². The van der Waals surface area contributed by atoms with E-state index in [4.69, 9.17) is 4.42 Å². The van der Waals surface area contributed by atoms with Crippen molar-refractivity contribution >= 4 is 16.9 Å². The Kier molecular flexibility index (Phi) is 3.68. The van der Waals surface area contributed by atoms with Gasteiger partial charge in [-0.05, 0) is 44.5 Å². The lowest BCUT2D eigenvalue weighted by Crippen LogP contribution is -2.37. The Bertz CT molecular complexity index is 679. The third-order valence-corrected chi connectivity index (χ3v) is 4.25. The van der Waals surface area contributed by atoms with Crippen molar-refractivity contribution in [3.8, 4) is 0 Å². The van der Waals surface area contributed by atoms with Crippen molar-refractivity contribution in [1.82, 2.24) is 4.90 Å². The van der Waals surface area contributed by atoms with Crippen LogP contribution in [0.3, 0.4) is 0 Å². The van der Waals surface area contributed by atoms with Gasteiger partial charge in [-0.2, -0.15) is 0 Å². The van der Waals surface area contributed by atoms with Gasteiger partial charge in [-0.15, -0.1) is 0 Å². The molecule has 1 fully saturated rings. The van der Waals surface area contributed by atoms with Gasteiger partial charge in [0.05, 0.1) is 0 Å². The molecule has 0 saturated carbocycles. The van der Waals surface area contributed by atoms with E-state index < -0.39 is 5.97 Å². The molecule has 1 aliphatic heterocycles. The highest BCUT2D eigenvalue weighted by Crippen LogP contribution is 2.30. The number of halogens is 1. The van der Waals surface area contributed by atoms with Crippen LogP contribution in [0.4, 0.5) is 4.39 Å². The summed E-state index contributed by atoms with van der Waals surface area (Å²) in [4.78, 5) is 13.6. The SMILES string of the molecule is CC1CCCCN1Cc1c(C(=O)O)oc2ccc(F)cc12. The number of fused-ring (bicyclic) bond motifs is 1. The highest BCUT2D eigenvalue weighted by atomic mass is 19.1. The van der Waals surface area contributed by atoms with Crippen molar-refractivity contribution < 1.29 is 18.7 Å². The van der Waals surface area contributed by atoms with Crippen LogP contribution in [0.2, 0.25) is 0 Å². The Morgan fingerprint density at radius 1 is 1.48 bits per heavy atom. The van der Waals surface area contributed by atoms with Crippen LogP contribution in [0, 0.1) is 5.82 Å². The highest BCUT2D eigenvalue weighted by Gasteiger charge is 2.25. The third kappa shape index (κ3) is 2.65. The van der Waals surface area contributed by atoms with Crippen LogP contribution in [-0.4, -0.2) is 28.6 Å². The summed E-state index contributed by atoms with van der Waals surface area (Å²) in [5.74, 6) is -1.56. The summed E-state index contributed by atoms with van der Waals surface area (Å²) in [6.45, 7) is 3.56. The molecular formula is C16H18FNO3. The molecule has 2 aromatic rings. The second-order valence-corrected chi connectivity index (χ2v) is 5.67. The van der Waals surface area contributed by atoms with Crippen molar-refractivity contribution in [2.24, 2.45) is 0 Å². The third-order valence-electron chi connectivity index (χ3n) is 4.25. The zero-order valence-corrected chi connectivity index (χ0v) is 11.9. The van der Waals surface area contributed by atoms with Crippen LogP contribution >= 0.6 is 0 Å². The molecule has 0 spiro atoms. The van der Waals surface area contributed by atoms with Gasteiger partial charge in [-0.25, -0.2) is 9.18 Å². The molecule has 0 radical (unpaired) electrons. The lowest BCUT2D eigenvalue weighted by atomic mass is 10.0. The summed E-state index contributed by atoms with van der Waals surface area (Å²) in [5.41, 5.74) is 0.999. The number of benzene rings is 1. The van der Waals surface area contributed by atoms with E-state index >= 15 is 0 Å². The minimum absolute atomic E-state index is 0.0756. The quantitative estimate of drug-likeness (QED) is 0.938. The summed E-state index contributed by atoms with van der Waals surface area (Å²) in [7, 11) is 0. The smallest absolute Gasteiger partial charge is 0.372 e. The molecule has 2 heterocycles. The fraction of sp³-hybridized carbons (Fsp3) is 0.438. The summed E-state index contributed by atoms with van der Waals surface area (Å²) >= 11 is 0. The lowest BCUT2D eigenvalue weighted by molar-refractivity contribution is 0.0659. The first-order valence-corrected chi connectivity index (χ1v) is 7.24. The van der Waals surface area contributed by atoms with Crippen LogP contribution in [0.25, 0.3) is 11.0 Å². The molecular weight excluding hydrogens is 273 g/mol. The van der Waals surface area contributed by atoms with Gasteiger partial charge in [0.1, 0.15) is 11.4 Å². The van der Waals surface area contributed by atoms with E-state index in [0.29, 0.717) is 29.1 Å². The van der Waals surface area contributed by atoms with Gasteiger partial charge in [0.2, 0.25) is 5.76 Å². The minimum Gasteiger partial charge on any atom is -0.475 e. The molecule has 0 amide bonds. The van der Waals surface area contributed by atoms with Gasteiger partial charge < -0.3 is 9.52 Å². The zero-order chi connectivity index (χ0) is 15.0. The van der Waals surface area contributed by atoms with E-state index in [1.165, 1.54) is 24.6 Å². The van der Waals surface area contributed by atoms with Gasteiger partial charge in [0, 0.05) is 23.5 Å². The van der Waals surface area contributed by atoms with Gasteiger partial charge in [0.25, 0.3) is 0 Å². The largest absolute Gasteiger partial charge is 0.475 e. The molecule has 0 bridgehead atoms. The molecule has 1 atom stereocenters. The second-order valence-electron chi connectivity index (χ2n) is 5.67. The van der Waals surface area contributed by atoms with Crippen molar-refractivity contribution in [2.75, 3.05) is 6.54 Å². The molecule has 1 unspecified atom stereocenters. The molecule has 21 heavy (non-hydrogen) atoms. The van der Waals surface area contributed by atoms with Crippen LogP contribution in [0.5, 0.6) is 0 Å². The standard InChI is InChI=1S/C16H18FNO3/c1-10-4-2-3-7-18(10)9-13-12-8-11(17)5-6-14(12)21-15(13)16(19)20/h5-6,8,10H,2-4,7,9H2,1H3,(H,19,20). The normalized spacial score (nSPS) is 20.0. The predicted octanol–water partition coefficient (Wildman–Crippen LogP) is 3.64. The van der Waals surface area contributed by atoms with Crippen LogP contribution in [0.15, 0.2) is 22.6 Å². The maximum Gasteiger partial charge on any atom is 0.372 e. The zero-order valence-electron chi connectivity index (χ0n) is 11.9. The molecule has 0 aliphatic carbocycles. The summed E-state index contributed by atoms with van der Waals surface area (Å²) in [5, 5.41) is 9.89. The number of carbonyl (C=O) groups is 1. The van der Waals surface area contributed by atoms with Gasteiger partial charge in [0.15, 0.2) is 0 Å². The number of rotatable bonds is 3. The minimum atomic E-state index is -1.11. The van der Waals surface area contributed by atoms with Gasteiger partial charge in [-0.3, -0.25) is 4.90 Å². The average Bonchev–Trinajstić information content (AvgIpc) is 2.80. The second kappa shape index (κ2) is 5.48. The molecule has 1 aliphatic rings. The van der Waals surface area contributed by atoms with Gasteiger partial charge in [-0.1, -0.05) is 6.42 Å². The number of piperidine rings is 1. The Morgan fingerprint density at radius 3 is 3.00 bits per heavy atom. The number of hydrogen-bond acceptors (Lipinski definition) is 3. The fourth-order valence-electron chi connectivity index (χ4n) is 3.05. The number of aromatic carboxylic acids is 1. The van der Waals surface area contributed by atoms with Crippen molar-refractivity contribution in [1.29, 1.82) is 0 Å². The molecule has 1 saturated heterocycles. The van der Waals surface area contributed by atoms with E-state index in [0.717, 1.165) is 19.4 Å². The first-order chi connectivity index (χ1) is 10.1. The summed E-state index contributed by atoms with van der Waals surface area (Å²) in [6.07, 6.45) is 3.41. The first-order valence-electron chi connectivity index (χ1n) is 7.24. The first kappa shape index (κ1) is 14.1. The molecule has 3 rings (SSSR count). The molecule has 1 N–H and O–H groups in total. The Hall–Kier alpha value is -1.88. The van der Waals surface area contributed by atoms with Crippen LogP contribution in [0.1, 0.15) is 42.3 Å². The number of carboxylic acid groups (broad SMARTS) is 1. The highest BCUT2D eigenvalue weighted by molar-refractivity contribution is 5.95. The average molecular weight is 291 g/mol. The van der Waals surface area contributed by atoms with Crippen LogP contribution < -0.4 is 0 Å². The number of nitrogens with zero attached hydrogens (tertiary/aromatic N) is 1. The molecule has 1 aromatic heterocycles. The van der Waals surface area contributed by atoms with E-state index in [9.17, 15) is 14.3 Å².